The van der Waals surface area contributed by atoms with E-state index in [-0.39, 0.29) is 5.91 Å². The second kappa shape index (κ2) is 8.09. The normalized spacial score (nSPS) is 13.3. The number of hydrogen-bond acceptors (Lipinski definition) is 4. The number of benzene rings is 2. The minimum Gasteiger partial charge on any atom is -0.493 e. The molecule has 0 fully saturated rings. The molecule has 7 heteroatoms. The third-order valence-electron chi connectivity index (χ3n) is 4.70. The summed E-state index contributed by atoms with van der Waals surface area (Å²) >= 11 is 5.94. The molecule has 0 N–H and O–H groups in total. The third-order valence-corrected chi connectivity index (χ3v) is 4.93. The lowest BCUT2D eigenvalue weighted by atomic mass is 10.0. The zero-order chi connectivity index (χ0) is 20.4. The van der Waals surface area contributed by atoms with Crippen molar-refractivity contribution < 1.29 is 18.7 Å². The molecule has 0 saturated carbocycles. The van der Waals surface area contributed by atoms with Crippen LogP contribution in [0.3, 0.4) is 0 Å². The number of nitrogens with zero attached hydrogens (tertiary/aromatic N) is 2. The van der Waals surface area contributed by atoms with Crippen molar-refractivity contribution in [2.75, 3.05) is 20.3 Å². The molecule has 148 valence electrons. The lowest BCUT2D eigenvalue weighted by Crippen LogP contribution is -2.32. The van der Waals surface area contributed by atoms with Crippen LogP contribution in [0.2, 0.25) is 5.02 Å². The van der Waals surface area contributed by atoms with Crippen molar-refractivity contribution in [1.29, 1.82) is 0 Å². The summed E-state index contributed by atoms with van der Waals surface area (Å²) in [5.74, 6) is 0.462. The molecule has 3 aromatic rings. The van der Waals surface area contributed by atoms with Gasteiger partial charge in [-0.25, -0.2) is 4.39 Å². The van der Waals surface area contributed by atoms with E-state index in [0.29, 0.717) is 41.8 Å². The van der Waals surface area contributed by atoms with Crippen molar-refractivity contribution >= 4 is 17.5 Å². The summed E-state index contributed by atoms with van der Waals surface area (Å²) in [5.41, 5.74) is 2.64. The first-order chi connectivity index (χ1) is 14.0. The molecule has 0 unspecified atom stereocenters. The number of hydrogen-bond donors (Lipinski definition) is 0. The predicted octanol–water partition coefficient (Wildman–Crippen LogP) is 4.58. The van der Waals surface area contributed by atoms with E-state index in [2.05, 4.69) is 4.98 Å². The Hall–Kier alpha value is -3.12. The van der Waals surface area contributed by atoms with Gasteiger partial charge in [-0.15, -0.1) is 0 Å². The second-order valence-electron chi connectivity index (χ2n) is 6.61. The van der Waals surface area contributed by atoms with Crippen LogP contribution in [0.4, 0.5) is 4.39 Å². The van der Waals surface area contributed by atoms with E-state index in [0.717, 1.165) is 16.8 Å². The molecule has 2 aromatic carbocycles. The molecule has 0 bridgehead atoms. The summed E-state index contributed by atoms with van der Waals surface area (Å²) in [7, 11) is 1.57. The number of methoxy groups -OCH3 is 1. The molecular formula is C22H18ClFN2O3. The van der Waals surface area contributed by atoms with Crippen molar-refractivity contribution in [3.05, 3.63) is 76.7 Å². The molecule has 0 aliphatic carbocycles. The predicted molar refractivity (Wildman–Crippen MR) is 108 cm³/mol. The number of rotatable bonds is 3. The minimum absolute atomic E-state index is 0.255. The van der Waals surface area contributed by atoms with Gasteiger partial charge in [-0.05, 0) is 42.5 Å². The molecule has 1 aromatic heterocycles. The van der Waals surface area contributed by atoms with Crippen LogP contribution < -0.4 is 9.47 Å². The van der Waals surface area contributed by atoms with Gasteiger partial charge in [0.25, 0.3) is 5.91 Å². The number of pyridine rings is 1. The highest BCUT2D eigenvalue weighted by Gasteiger charge is 2.24. The fraction of sp³-hybridized carbons (Fsp3) is 0.182. The summed E-state index contributed by atoms with van der Waals surface area (Å²) in [4.78, 5) is 18.9. The van der Waals surface area contributed by atoms with Crippen LogP contribution in [0.5, 0.6) is 11.5 Å². The minimum atomic E-state index is -0.444. The van der Waals surface area contributed by atoms with Gasteiger partial charge in [-0.2, -0.15) is 0 Å². The Morgan fingerprint density at radius 3 is 2.83 bits per heavy atom. The van der Waals surface area contributed by atoms with E-state index in [9.17, 15) is 9.18 Å². The lowest BCUT2D eigenvalue weighted by molar-refractivity contribution is 0.0732. The molecule has 0 radical (unpaired) electrons. The standard InChI is InChI=1S/C22H18ClFN2O3/c1-28-20-11-15(19-6-5-17(23)12-25-19)9-16-13-26(7-8-29-21(16)20)22(27)14-3-2-4-18(24)10-14/h2-6,9-12H,7-8,13H2,1H3. The average Bonchev–Trinajstić information content (AvgIpc) is 2.95. The van der Waals surface area contributed by atoms with Crippen molar-refractivity contribution in [2.24, 2.45) is 0 Å². The molecule has 0 saturated heterocycles. The van der Waals surface area contributed by atoms with Crippen molar-refractivity contribution in [2.45, 2.75) is 6.54 Å². The zero-order valence-electron chi connectivity index (χ0n) is 15.7. The fourth-order valence-corrected chi connectivity index (χ4v) is 3.42. The average molecular weight is 413 g/mol. The van der Waals surface area contributed by atoms with Gasteiger partial charge in [0, 0.05) is 29.4 Å². The van der Waals surface area contributed by atoms with E-state index in [4.69, 9.17) is 21.1 Å². The molecule has 1 aliphatic heterocycles. The van der Waals surface area contributed by atoms with E-state index < -0.39 is 5.82 Å². The Kier molecular flexibility index (Phi) is 5.36. The first-order valence-electron chi connectivity index (χ1n) is 9.05. The molecule has 0 atom stereocenters. The van der Waals surface area contributed by atoms with Crippen LogP contribution in [0.25, 0.3) is 11.3 Å². The van der Waals surface area contributed by atoms with Crippen LogP contribution >= 0.6 is 11.6 Å². The first kappa shape index (κ1) is 19.2. The Labute approximate surface area is 172 Å². The maximum absolute atomic E-state index is 13.6. The smallest absolute Gasteiger partial charge is 0.254 e. The highest BCUT2D eigenvalue weighted by atomic mass is 35.5. The van der Waals surface area contributed by atoms with Crippen molar-refractivity contribution in [3.8, 4) is 22.8 Å². The largest absolute Gasteiger partial charge is 0.493 e. The molecule has 1 aliphatic rings. The van der Waals surface area contributed by atoms with Gasteiger partial charge >= 0.3 is 0 Å². The topological polar surface area (TPSA) is 51.7 Å². The van der Waals surface area contributed by atoms with Gasteiger partial charge in [0.1, 0.15) is 12.4 Å². The number of amides is 1. The SMILES string of the molecule is COc1cc(-c2ccc(Cl)cn2)cc2c1OCCN(C(=O)c1cccc(F)c1)C2. The first-order valence-corrected chi connectivity index (χ1v) is 9.43. The quantitative estimate of drug-likeness (QED) is 0.631. The molecule has 5 nitrogen and oxygen atoms in total. The highest BCUT2D eigenvalue weighted by Crippen LogP contribution is 2.38. The third kappa shape index (κ3) is 4.03. The molecule has 1 amide bonds. The van der Waals surface area contributed by atoms with Gasteiger partial charge in [-0.1, -0.05) is 17.7 Å². The summed E-state index contributed by atoms with van der Waals surface area (Å²) in [6, 6.07) is 13.0. The Bertz CT molecular complexity index is 1060. The lowest BCUT2D eigenvalue weighted by Gasteiger charge is -2.20. The molecule has 2 heterocycles. The van der Waals surface area contributed by atoms with Crippen LogP contribution in [0, 0.1) is 5.82 Å². The molecule has 29 heavy (non-hydrogen) atoms. The number of ether oxygens (including phenoxy) is 2. The molecular weight excluding hydrogens is 395 g/mol. The monoisotopic (exact) mass is 412 g/mol. The molecule has 4 rings (SSSR count). The summed E-state index contributed by atoms with van der Waals surface area (Å²) in [6.45, 7) is 0.993. The maximum Gasteiger partial charge on any atom is 0.254 e. The van der Waals surface area contributed by atoms with Crippen LogP contribution in [-0.2, 0) is 6.54 Å². The van der Waals surface area contributed by atoms with Crippen molar-refractivity contribution in [1.82, 2.24) is 9.88 Å². The summed E-state index contributed by atoms with van der Waals surface area (Å²) in [6.07, 6.45) is 1.57. The maximum atomic E-state index is 13.6. The molecule has 0 spiro atoms. The Morgan fingerprint density at radius 2 is 2.10 bits per heavy atom. The Morgan fingerprint density at radius 1 is 1.24 bits per heavy atom. The summed E-state index contributed by atoms with van der Waals surface area (Å²) in [5, 5.41) is 0.547. The van der Waals surface area contributed by atoms with Gasteiger partial charge in [0.2, 0.25) is 0 Å². The second-order valence-corrected chi connectivity index (χ2v) is 7.05. The van der Waals surface area contributed by atoms with Gasteiger partial charge in [0.05, 0.1) is 24.4 Å². The van der Waals surface area contributed by atoms with Crippen LogP contribution in [0.15, 0.2) is 54.7 Å². The van der Waals surface area contributed by atoms with Gasteiger partial charge < -0.3 is 14.4 Å². The van der Waals surface area contributed by atoms with Gasteiger partial charge in [-0.3, -0.25) is 9.78 Å². The number of carbonyl (C=O) groups is 1. The van der Waals surface area contributed by atoms with Gasteiger partial charge in [0.15, 0.2) is 11.5 Å². The number of aromatic nitrogens is 1. The van der Waals surface area contributed by atoms with E-state index >= 15 is 0 Å². The number of fused-ring (bicyclic) bond motifs is 1. The number of halogens is 2. The van der Waals surface area contributed by atoms with Crippen LogP contribution in [-0.4, -0.2) is 36.1 Å². The summed E-state index contributed by atoms with van der Waals surface area (Å²) < 4.78 is 25.0. The van der Waals surface area contributed by atoms with E-state index in [1.807, 2.05) is 18.2 Å². The van der Waals surface area contributed by atoms with E-state index in [1.54, 1.807) is 30.3 Å². The van der Waals surface area contributed by atoms with E-state index in [1.165, 1.54) is 18.2 Å². The van der Waals surface area contributed by atoms with Crippen LogP contribution in [0.1, 0.15) is 15.9 Å². The Balaban J connectivity index is 1.71. The number of carbonyl (C=O) groups excluding carboxylic acids is 1. The zero-order valence-corrected chi connectivity index (χ0v) is 16.4. The van der Waals surface area contributed by atoms with Crippen molar-refractivity contribution in [3.63, 3.8) is 0 Å². The highest BCUT2D eigenvalue weighted by molar-refractivity contribution is 6.30. The fourth-order valence-electron chi connectivity index (χ4n) is 3.31.